The Labute approximate surface area is 142 Å². The minimum Gasteiger partial charge on any atom is -0.294 e. The highest BCUT2D eigenvalue weighted by Gasteiger charge is 2.34. The Morgan fingerprint density at radius 2 is 1.50 bits per heavy atom. The molecule has 24 heavy (non-hydrogen) atoms. The lowest BCUT2D eigenvalue weighted by Gasteiger charge is -2.13. The number of fused-ring (bicyclic) bond motifs is 1. The van der Waals surface area contributed by atoms with Gasteiger partial charge in [0.1, 0.15) is 0 Å². The first kappa shape index (κ1) is 17.6. The molecule has 4 heteroatoms. The number of benzene rings is 2. The van der Waals surface area contributed by atoms with E-state index in [1.165, 1.54) is 0 Å². The standard InChI is InChI=1S/C18H15NO3.C2H6/c1-12-5-4-6-13(11-12)16(20)9-10-19-17(21)14-7-2-3-8-15(14)18(19)22;1-2/h2-8,11H,9-10H2,1H3;1-2H3. The minimum absolute atomic E-state index is 0.0692. The third-order valence-corrected chi connectivity index (χ3v) is 3.78. The molecule has 2 aromatic carbocycles. The zero-order chi connectivity index (χ0) is 17.7. The molecular formula is C20H21NO3. The molecule has 0 saturated heterocycles. The highest BCUT2D eigenvalue weighted by molar-refractivity contribution is 6.21. The van der Waals surface area contributed by atoms with Gasteiger partial charge in [-0.3, -0.25) is 19.3 Å². The van der Waals surface area contributed by atoms with Crippen molar-refractivity contribution in [1.29, 1.82) is 0 Å². The van der Waals surface area contributed by atoms with Gasteiger partial charge >= 0.3 is 0 Å². The highest BCUT2D eigenvalue weighted by Crippen LogP contribution is 2.22. The van der Waals surface area contributed by atoms with Crippen LogP contribution >= 0.6 is 0 Å². The van der Waals surface area contributed by atoms with Gasteiger partial charge in [0.15, 0.2) is 5.78 Å². The number of carbonyl (C=O) groups is 3. The summed E-state index contributed by atoms with van der Waals surface area (Å²) >= 11 is 0. The lowest BCUT2D eigenvalue weighted by molar-refractivity contribution is 0.0649. The predicted octanol–water partition coefficient (Wildman–Crippen LogP) is 3.89. The maximum absolute atomic E-state index is 12.2. The molecule has 0 radical (unpaired) electrons. The van der Waals surface area contributed by atoms with Crippen molar-refractivity contribution in [2.45, 2.75) is 27.2 Å². The topological polar surface area (TPSA) is 54.5 Å². The van der Waals surface area contributed by atoms with E-state index in [1.807, 2.05) is 39.0 Å². The van der Waals surface area contributed by atoms with E-state index in [0.717, 1.165) is 10.5 Å². The molecule has 1 heterocycles. The van der Waals surface area contributed by atoms with Crippen LogP contribution in [0.5, 0.6) is 0 Å². The van der Waals surface area contributed by atoms with Crippen LogP contribution in [0.25, 0.3) is 0 Å². The molecule has 0 aromatic heterocycles. The lowest BCUT2D eigenvalue weighted by atomic mass is 10.1. The number of hydrogen-bond donors (Lipinski definition) is 0. The molecule has 2 aromatic rings. The number of Topliss-reactive ketones (excluding diaryl/α,β-unsaturated/α-hetero) is 1. The van der Waals surface area contributed by atoms with Gasteiger partial charge in [-0.2, -0.15) is 0 Å². The number of imide groups is 1. The molecule has 0 aliphatic carbocycles. The molecule has 0 atom stereocenters. The SMILES string of the molecule is CC.Cc1cccc(C(=O)CCN2C(=O)c3ccccc3C2=O)c1. The third-order valence-electron chi connectivity index (χ3n) is 3.78. The number of nitrogens with zero attached hydrogens (tertiary/aromatic N) is 1. The average molecular weight is 323 g/mol. The van der Waals surface area contributed by atoms with E-state index in [1.54, 1.807) is 30.3 Å². The van der Waals surface area contributed by atoms with Gasteiger partial charge in [-0.1, -0.05) is 49.7 Å². The van der Waals surface area contributed by atoms with Crippen LogP contribution in [0.3, 0.4) is 0 Å². The zero-order valence-corrected chi connectivity index (χ0v) is 14.2. The molecule has 1 aliphatic rings. The summed E-state index contributed by atoms with van der Waals surface area (Å²) in [7, 11) is 0. The monoisotopic (exact) mass is 323 g/mol. The maximum atomic E-state index is 12.2. The smallest absolute Gasteiger partial charge is 0.261 e. The highest BCUT2D eigenvalue weighted by atomic mass is 16.2. The van der Waals surface area contributed by atoms with Gasteiger partial charge in [0.2, 0.25) is 0 Å². The number of rotatable bonds is 4. The molecule has 0 fully saturated rings. The Morgan fingerprint density at radius 3 is 2.04 bits per heavy atom. The van der Waals surface area contributed by atoms with Crippen LogP contribution < -0.4 is 0 Å². The van der Waals surface area contributed by atoms with Crippen LogP contribution in [0, 0.1) is 6.92 Å². The summed E-state index contributed by atoms with van der Waals surface area (Å²) in [6.07, 6.45) is 0.134. The summed E-state index contributed by atoms with van der Waals surface area (Å²) in [6, 6.07) is 14.0. The van der Waals surface area contributed by atoms with Gasteiger partial charge in [0.05, 0.1) is 11.1 Å². The van der Waals surface area contributed by atoms with Crippen molar-refractivity contribution in [3.8, 4) is 0 Å². The second-order valence-electron chi connectivity index (χ2n) is 5.35. The molecule has 3 rings (SSSR count). The maximum Gasteiger partial charge on any atom is 0.261 e. The fraction of sp³-hybridized carbons (Fsp3) is 0.250. The second-order valence-corrected chi connectivity index (χ2v) is 5.35. The summed E-state index contributed by atoms with van der Waals surface area (Å²) in [5, 5.41) is 0. The molecule has 2 amide bonds. The van der Waals surface area contributed by atoms with Crippen molar-refractivity contribution in [3.63, 3.8) is 0 Å². The molecular weight excluding hydrogens is 302 g/mol. The fourth-order valence-corrected chi connectivity index (χ4v) is 2.62. The Hall–Kier alpha value is -2.75. The molecule has 0 N–H and O–H groups in total. The Kier molecular flexibility index (Phi) is 5.64. The zero-order valence-electron chi connectivity index (χ0n) is 14.2. The van der Waals surface area contributed by atoms with Gasteiger partial charge in [-0.25, -0.2) is 0 Å². The molecule has 0 unspecified atom stereocenters. The van der Waals surface area contributed by atoms with Crippen LogP contribution in [0.1, 0.15) is 56.9 Å². The van der Waals surface area contributed by atoms with E-state index in [0.29, 0.717) is 16.7 Å². The number of amides is 2. The minimum atomic E-state index is -0.322. The molecule has 0 bridgehead atoms. The number of carbonyl (C=O) groups excluding carboxylic acids is 3. The Bertz CT molecular complexity index is 745. The van der Waals surface area contributed by atoms with Crippen LogP contribution in [0.2, 0.25) is 0 Å². The van der Waals surface area contributed by atoms with Crippen molar-refractivity contribution in [1.82, 2.24) is 4.90 Å². The van der Waals surface area contributed by atoms with Crippen LogP contribution in [-0.2, 0) is 0 Å². The normalized spacial score (nSPS) is 12.5. The summed E-state index contributed by atoms with van der Waals surface area (Å²) in [6.45, 7) is 6.03. The van der Waals surface area contributed by atoms with Crippen molar-refractivity contribution < 1.29 is 14.4 Å². The van der Waals surface area contributed by atoms with E-state index in [4.69, 9.17) is 0 Å². The van der Waals surface area contributed by atoms with Gasteiger partial charge in [-0.05, 0) is 25.1 Å². The lowest BCUT2D eigenvalue weighted by Crippen LogP contribution is -2.31. The van der Waals surface area contributed by atoms with E-state index in [-0.39, 0.29) is 30.6 Å². The molecule has 0 spiro atoms. The first-order chi connectivity index (χ1) is 11.6. The van der Waals surface area contributed by atoms with Crippen molar-refractivity contribution >= 4 is 17.6 Å². The van der Waals surface area contributed by atoms with Gasteiger partial charge in [-0.15, -0.1) is 0 Å². The number of aryl methyl sites for hydroxylation is 1. The van der Waals surface area contributed by atoms with Gasteiger partial charge in [0, 0.05) is 18.5 Å². The first-order valence-electron chi connectivity index (χ1n) is 8.13. The number of hydrogen-bond acceptors (Lipinski definition) is 3. The summed E-state index contributed by atoms with van der Waals surface area (Å²) in [5.41, 5.74) is 2.44. The Morgan fingerprint density at radius 1 is 0.917 bits per heavy atom. The molecule has 4 nitrogen and oxygen atoms in total. The third kappa shape index (κ3) is 3.43. The molecule has 1 aliphatic heterocycles. The second kappa shape index (κ2) is 7.68. The van der Waals surface area contributed by atoms with Crippen LogP contribution in [-0.4, -0.2) is 29.0 Å². The van der Waals surface area contributed by atoms with Crippen molar-refractivity contribution in [2.24, 2.45) is 0 Å². The summed E-state index contributed by atoms with van der Waals surface area (Å²) < 4.78 is 0. The van der Waals surface area contributed by atoms with Gasteiger partial charge in [0.25, 0.3) is 11.8 Å². The van der Waals surface area contributed by atoms with E-state index < -0.39 is 0 Å². The Balaban J connectivity index is 0.00000100. The molecule has 0 saturated carbocycles. The van der Waals surface area contributed by atoms with Crippen molar-refractivity contribution in [3.05, 3.63) is 70.8 Å². The largest absolute Gasteiger partial charge is 0.294 e. The van der Waals surface area contributed by atoms with E-state index in [2.05, 4.69) is 0 Å². The van der Waals surface area contributed by atoms with E-state index in [9.17, 15) is 14.4 Å². The van der Waals surface area contributed by atoms with Crippen LogP contribution in [0.4, 0.5) is 0 Å². The molecule has 124 valence electrons. The first-order valence-corrected chi connectivity index (χ1v) is 8.13. The quantitative estimate of drug-likeness (QED) is 0.633. The average Bonchev–Trinajstić information content (AvgIpc) is 2.86. The van der Waals surface area contributed by atoms with Gasteiger partial charge < -0.3 is 0 Å². The summed E-state index contributed by atoms with van der Waals surface area (Å²) in [4.78, 5) is 37.7. The van der Waals surface area contributed by atoms with Crippen LogP contribution in [0.15, 0.2) is 48.5 Å². The van der Waals surface area contributed by atoms with E-state index >= 15 is 0 Å². The summed E-state index contributed by atoms with van der Waals surface area (Å²) in [5.74, 6) is -0.712. The predicted molar refractivity (Wildman–Crippen MR) is 93.3 cm³/mol. The fourth-order valence-electron chi connectivity index (χ4n) is 2.62. The number of ketones is 1. The van der Waals surface area contributed by atoms with Crippen molar-refractivity contribution in [2.75, 3.05) is 6.54 Å².